The summed E-state index contributed by atoms with van der Waals surface area (Å²) in [6, 6.07) is 8.89. The molecule has 1 aliphatic heterocycles. The zero-order chi connectivity index (χ0) is 19.7. The SMILES string of the molecule is Cc1cc(-c2noc(C(C)N3CCN(c4ccc(Br)cn4)CC3)n2)ccc1F. The third-order valence-electron chi connectivity index (χ3n) is 5.11. The molecule has 1 saturated heterocycles. The van der Waals surface area contributed by atoms with Crippen molar-refractivity contribution in [3.8, 4) is 11.4 Å². The predicted octanol–water partition coefficient (Wildman–Crippen LogP) is 4.22. The average Bonchev–Trinajstić information content (AvgIpc) is 3.20. The fraction of sp³-hybridized carbons (Fsp3) is 0.350. The van der Waals surface area contributed by atoms with Gasteiger partial charge in [-0.1, -0.05) is 5.16 Å². The summed E-state index contributed by atoms with van der Waals surface area (Å²) in [5, 5.41) is 4.08. The van der Waals surface area contributed by atoms with Gasteiger partial charge in [0, 0.05) is 42.4 Å². The molecule has 3 heterocycles. The number of hydrogen-bond donors (Lipinski definition) is 0. The highest BCUT2D eigenvalue weighted by atomic mass is 79.9. The minimum absolute atomic E-state index is 0.0165. The molecule has 0 amide bonds. The first-order valence-corrected chi connectivity index (χ1v) is 10.0. The van der Waals surface area contributed by atoms with E-state index in [1.165, 1.54) is 6.07 Å². The minimum atomic E-state index is -0.237. The number of aromatic nitrogens is 3. The van der Waals surface area contributed by atoms with Crippen LogP contribution in [0.2, 0.25) is 0 Å². The van der Waals surface area contributed by atoms with Gasteiger partial charge in [-0.05, 0) is 65.7 Å². The van der Waals surface area contributed by atoms with Gasteiger partial charge in [-0.3, -0.25) is 4.90 Å². The van der Waals surface area contributed by atoms with Gasteiger partial charge in [-0.2, -0.15) is 4.98 Å². The summed E-state index contributed by atoms with van der Waals surface area (Å²) < 4.78 is 20.0. The lowest BCUT2D eigenvalue weighted by Crippen LogP contribution is -2.47. The molecule has 0 N–H and O–H groups in total. The van der Waals surface area contributed by atoms with E-state index in [1.807, 2.05) is 18.3 Å². The molecule has 0 bridgehead atoms. The van der Waals surface area contributed by atoms with Crippen LogP contribution in [0.5, 0.6) is 0 Å². The van der Waals surface area contributed by atoms with Crippen molar-refractivity contribution >= 4 is 21.7 Å². The first-order chi connectivity index (χ1) is 13.5. The number of anilines is 1. The molecule has 1 atom stereocenters. The Labute approximate surface area is 171 Å². The second-order valence-corrected chi connectivity index (χ2v) is 7.87. The lowest BCUT2D eigenvalue weighted by molar-refractivity contribution is 0.164. The minimum Gasteiger partial charge on any atom is -0.354 e. The van der Waals surface area contributed by atoms with Gasteiger partial charge in [-0.15, -0.1) is 0 Å². The number of benzene rings is 1. The number of piperazine rings is 1. The maximum Gasteiger partial charge on any atom is 0.244 e. The van der Waals surface area contributed by atoms with Crippen molar-refractivity contribution < 1.29 is 8.91 Å². The van der Waals surface area contributed by atoms with Crippen LogP contribution in [-0.4, -0.2) is 46.2 Å². The molecule has 1 aromatic carbocycles. The van der Waals surface area contributed by atoms with Crippen molar-refractivity contribution in [2.45, 2.75) is 19.9 Å². The molecule has 0 aliphatic carbocycles. The van der Waals surface area contributed by atoms with Crippen molar-refractivity contribution in [3.05, 3.63) is 58.3 Å². The number of pyridine rings is 1. The molecule has 6 nitrogen and oxygen atoms in total. The topological polar surface area (TPSA) is 58.3 Å². The number of hydrogen-bond acceptors (Lipinski definition) is 6. The molecule has 1 fully saturated rings. The maximum atomic E-state index is 13.5. The molecule has 3 aromatic rings. The van der Waals surface area contributed by atoms with E-state index in [9.17, 15) is 4.39 Å². The Hall–Kier alpha value is -2.32. The van der Waals surface area contributed by atoms with Crippen LogP contribution in [0.1, 0.15) is 24.4 Å². The molecular weight excluding hydrogens is 425 g/mol. The molecule has 0 saturated carbocycles. The van der Waals surface area contributed by atoms with E-state index in [2.05, 4.69) is 47.8 Å². The first kappa shape index (κ1) is 19.0. The van der Waals surface area contributed by atoms with Gasteiger partial charge in [0.2, 0.25) is 11.7 Å². The van der Waals surface area contributed by atoms with Crippen LogP contribution in [0.4, 0.5) is 10.2 Å². The summed E-state index contributed by atoms with van der Waals surface area (Å²) in [4.78, 5) is 13.6. The van der Waals surface area contributed by atoms with E-state index in [4.69, 9.17) is 4.52 Å². The van der Waals surface area contributed by atoms with E-state index in [0.29, 0.717) is 17.3 Å². The van der Waals surface area contributed by atoms with Gasteiger partial charge in [0.1, 0.15) is 11.6 Å². The van der Waals surface area contributed by atoms with Crippen LogP contribution >= 0.6 is 15.9 Å². The first-order valence-electron chi connectivity index (χ1n) is 9.22. The predicted molar refractivity (Wildman–Crippen MR) is 109 cm³/mol. The van der Waals surface area contributed by atoms with Crippen LogP contribution in [-0.2, 0) is 0 Å². The summed E-state index contributed by atoms with van der Waals surface area (Å²) >= 11 is 3.42. The zero-order valence-corrected chi connectivity index (χ0v) is 17.4. The Balaban J connectivity index is 1.41. The van der Waals surface area contributed by atoms with Crippen LogP contribution in [0.25, 0.3) is 11.4 Å². The average molecular weight is 446 g/mol. The van der Waals surface area contributed by atoms with Crippen molar-refractivity contribution in [2.24, 2.45) is 0 Å². The van der Waals surface area contributed by atoms with Gasteiger partial charge >= 0.3 is 0 Å². The monoisotopic (exact) mass is 445 g/mol. The maximum absolute atomic E-state index is 13.5. The second-order valence-electron chi connectivity index (χ2n) is 6.95. The molecule has 2 aromatic heterocycles. The van der Waals surface area contributed by atoms with E-state index in [0.717, 1.165) is 42.0 Å². The van der Waals surface area contributed by atoms with Crippen molar-refractivity contribution in [3.63, 3.8) is 0 Å². The van der Waals surface area contributed by atoms with Gasteiger partial charge in [0.25, 0.3) is 0 Å². The summed E-state index contributed by atoms with van der Waals surface area (Å²) in [7, 11) is 0. The molecule has 4 rings (SSSR count). The Kier molecular flexibility index (Phi) is 5.41. The van der Waals surface area contributed by atoms with E-state index < -0.39 is 0 Å². The normalized spacial score (nSPS) is 16.4. The largest absolute Gasteiger partial charge is 0.354 e. The lowest BCUT2D eigenvalue weighted by atomic mass is 10.1. The highest BCUT2D eigenvalue weighted by Crippen LogP contribution is 2.25. The standard InChI is InChI=1S/C20H21BrFN5O/c1-13-11-15(3-5-17(13)22)19-24-20(28-25-19)14(2)26-7-9-27(10-8-26)18-6-4-16(21)12-23-18/h3-6,11-12,14H,7-10H2,1-2H3. The number of nitrogens with zero attached hydrogens (tertiary/aromatic N) is 5. The van der Waals surface area contributed by atoms with Gasteiger partial charge in [0.15, 0.2) is 0 Å². The molecule has 0 spiro atoms. The van der Waals surface area contributed by atoms with Crippen LogP contribution < -0.4 is 4.90 Å². The number of halogens is 2. The summed E-state index contributed by atoms with van der Waals surface area (Å²) in [5.41, 5.74) is 1.32. The number of rotatable bonds is 4. The van der Waals surface area contributed by atoms with E-state index in [1.54, 1.807) is 19.1 Å². The highest BCUT2D eigenvalue weighted by Gasteiger charge is 2.26. The Morgan fingerprint density at radius 3 is 2.61 bits per heavy atom. The van der Waals surface area contributed by atoms with Crippen LogP contribution in [0, 0.1) is 12.7 Å². The van der Waals surface area contributed by atoms with Gasteiger partial charge in [0.05, 0.1) is 6.04 Å². The van der Waals surface area contributed by atoms with Crippen LogP contribution in [0.15, 0.2) is 45.5 Å². The van der Waals surface area contributed by atoms with Crippen molar-refractivity contribution in [2.75, 3.05) is 31.1 Å². The van der Waals surface area contributed by atoms with Gasteiger partial charge in [-0.25, -0.2) is 9.37 Å². The fourth-order valence-electron chi connectivity index (χ4n) is 3.36. The number of aryl methyl sites for hydroxylation is 1. The van der Waals surface area contributed by atoms with E-state index >= 15 is 0 Å². The van der Waals surface area contributed by atoms with Crippen molar-refractivity contribution in [1.82, 2.24) is 20.0 Å². The third kappa shape index (κ3) is 3.93. The van der Waals surface area contributed by atoms with Crippen LogP contribution in [0.3, 0.4) is 0 Å². The molecule has 146 valence electrons. The van der Waals surface area contributed by atoms with E-state index in [-0.39, 0.29) is 11.9 Å². The highest BCUT2D eigenvalue weighted by molar-refractivity contribution is 9.10. The Morgan fingerprint density at radius 1 is 1.14 bits per heavy atom. The third-order valence-corrected chi connectivity index (χ3v) is 5.58. The smallest absolute Gasteiger partial charge is 0.244 e. The quantitative estimate of drug-likeness (QED) is 0.598. The summed E-state index contributed by atoms with van der Waals surface area (Å²) in [6.45, 7) is 7.33. The zero-order valence-electron chi connectivity index (χ0n) is 15.8. The summed E-state index contributed by atoms with van der Waals surface area (Å²) in [5.74, 6) is 1.82. The Bertz CT molecular complexity index is 953. The van der Waals surface area contributed by atoms with Gasteiger partial charge < -0.3 is 9.42 Å². The van der Waals surface area contributed by atoms with Crippen molar-refractivity contribution in [1.29, 1.82) is 0 Å². The fourth-order valence-corrected chi connectivity index (χ4v) is 3.59. The molecule has 0 radical (unpaired) electrons. The molecule has 28 heavy (non-hydrogen) atoms. The Morgan fingerprint density at radius 2 is 1.93 bits per heavy atom. The molecule has 8 heteroatoms. The lowest BCUT2D eigenvalue weighted by Gasteiger charge is -2.37. The second kappa shape index (κ2) is 7.97. The summed E-state index contributed by atoms with van der Waals surface area (Å²) in [6.07, 6.45) is 1.82. The molecule has 1 unspecified atom stereocenters. The molecular formula is C20H21BrFN5O. The molecule has 1 aliphatic rings.